The molecule has 0 spiro atoms. The fourth-order valence-electron chi connectivity index (χ4n) is 4.25. The van der Waals surface area contributed by atoms with Gasteiger partial charge in [0, 0.05) is 23.9 Å². The summed E-state index contributed by atoms with van der Waals surface area (Å²) >= 11 is 0. The average Bonchev–Trinajstić information content (AvgIpc) is 3.30. The maximum absolute atomic E-state index is 10.7. The second-order valence-corrected chi connectivity index (χ2v) is 8.76. The van der Waals surface area contributed by atoms with Crippen molar-refractivity contribution in [2.75, 3.05) is 38.9 Å². The molecule has 0 radical (unpaired) electrons. The van der Waals surface area contributed by atoms with Crippen LogP contribution >= 0.6 is 0 Å². The van der Waals surface area contributed by atoms with E-state index >= 15 is 0 Å². The summed E-state index contributed by atoms with van der Waals surface area (Å²) in [5.74, 6) is 2.66. The van der Waals surface area contributed by atoms with E-state index in [1.165, 1.54) is 0 Å². The Morgan fingerprint density at radius 3 is 2.70 bits per heavy atom. The van der Waals surface area contributed by atoms with Crippen LogP contribution in [0.25, 0.3) is 10.9 Å². The monoisotopic (exact) mass is 451 g/mol. The molecule has 33 heavy (non-hydrogen) atoms. The third-order valence-corrected chi connectivity index (χ3v) is 6.23. The van der Waals surface area contributed by atoms with Gasteiger partial charge in [-0.1, -0.05) is 24.3 Å². The molecule has 0 aliphatic carbocycles. The number of aliphatic hydroxyl groups is 1. The smallest absolute Gasteiger partial charge is 0.162 e. The largest absolute Gasteiger partial charge is 0.493 e. The van der Waals surface area contributed by atoms with Crippen molar-refractivity contribution >= 4 is 16.7 Å². The molecule has 5 rings (SSSR count). The first-order valence-corrected chi connectivity index (χ1v) is 11.2. The van der Waals surface area contributed by atoms with Crippen molar-refractivity contribution in [3.05, 3.63) is 53.3 Å². The van der Waals surface area contributed by atoms with Crippen molar-refractivity contribution in [3.63, 3.8) is 0 Å². The van der Waals surface area contributed by atoms with Crippen molar-refractivity contribution in [1.29, 1.82) is 0 Å². The molecule has 2 aliphatic heterocycles. The fraction of sp³-hybridized carbons (Fsp3) is 0.440. The molecule has 8 heteroatoms. The summed E-state index contributed by atoms with van der Waals surface area (Å²) in [7, 11) is 1.63. The zero-order chi connectivity index (χ0) is 23.0. The fourth-order valence-corrected chi connectivity index (χ4v) is 4.25. The number of aromatic nitrogens is 2. The molecule has 174 valence electrons. The maximum Gasteiger partial charge on any atom is 0.162 e. The SMILES string of the molecule is COc1cc2nc(C)nc(N[C@@H](C)c3cccc(C4(O)COC4)c3)c2cc1O[C@H]1CCOC1. The van der Waals surface area contributed by atoms with Crippen LogP contribution in [-0.4, -0.2) is 54.7 Å². The molecule has 2 aliphatic rings. The van der Waals surface area contributed by atoms with Gasteiger partial charge in [-0.05, 0) is 31.0 Å². The standard InChI is InChI=1S/C25H29N3O5/c1-15(17-5-4-6-18(9-17)25(29)13-32-14-25)26-24-20-10-23(33-19-7-8-31-12-19)22(30-3)11-21(20)27-16(2)28-24/h4-6,9-11,15,19,29H,7-8,12-14H2,1-3H3,(H,26,27,28)/t15-,19-/m0/s1. The lowest BCUT2D eigenvalue weighted by Gasteiger charge is -2.37. The highest BCUT2D eigenvalue weighted by Gasteiger charge is 2.38. The Morgan fingerprint density at radius 2 is 2.00 bits per heavy atom. The van der Waals surface area contributed by atoms with Gasteiger partial charge >= 0.3 is 0 Å². The van der Waals surface area contributed by atoms with E-state index in [0.29, 0.717) is 43.8 Å². The van der Waals surface area contributed by atoms with Crippen molar-refractivity contribution < 1.29 is 24.1 Å². The molecule has 1 aromatic heterocycles. The minimum Gasteiger partial charge on any atom is -0.493 e. The summed E-state index contributed by atoms with van der Waals surface area (Å²) in [6.45, 7) is 5.86. The van der Waals surface area contributed by atoms with E-state index in [-0.39, 0.29) is 12.1 Å². The number of nitrogens with zero attached hydrogens (tertiary/aromatic N) is 2. The highest BCUT2D eigenvalue weighted by atomic mass is 16.6. The van der Waals surface area contributed by atoms with Gasteiger partial charge in [-0.25, -0.2) is 9.97 Å². The van der Waals surface area contributed by atoms with Crippen LogP contribution in [0.5, 0.6) is 11.5 Å². The predicted molar refractivity (Wildman–Crippen MR) is 124 cm³/mol. The number of nitrogens with one attached hydrogen (secondary N) is 1. The first-order chi connectivity index (χ1) is 15.9. The third kappa shape index (κ3) is 4.34. The van der Waals surface area contributed by atoms with Gasteiger partial charge in [0.1, 0.15) is 23.3 Å². The van der Waals surface area contributed by atoms with Gasteiger partial charge in [0.05, 0.1) is 39.1 Å². The van der Waals surface area contributed by atoms with Gasteiger partial charge < -0.3 is 29.4 Å². The van der Waals surface area contributed by atoms with Gasteiger partial charge in [0.15, 0.2) is 11.5 Å². The van der Waals surface area contributed by atoms with Crippen molar-refractivity contribution in [2.45, 2.75) is 38.0 Å². The molecule has 8 nitrogen and oxygen atoms in total. The van der Waals surface area contributed by atoms with E-state index in [4.69, 9.17) is 18.9 Å². The molecule has 0 unspecified atom stereocenters. The summed E-state index contributed by atoms with van der Waals surface area (Å²) in [5.41, 5.74) is 1.78. The highest BCUT2D eigenvalue weighted by molar-refractivity contribution is 5.92. The second-order valence-electron chi connectivity index (χ2n) is 8.76. The number of methoxy groups -OCH3 is 1. The number of anilines is 1. The molecular weight excluding hydrogens is 422 g/mol. The predicted octanol–water partition coefficient (Wildman–Crippen LogP) is 3.51. The summed E-state index contributed by atoms with van der Waals surface area (Å²) < 4.78 is 22.4. The first-order valence-electron chi connectivity index (χ1n) is 11.2. The minimum atomic E-state index is -0.902. The van der Waals surface area contributed by atoms with Crippen LogP contribution in [0.3, 0.4) is 0 Å². The molecule has 0 saturated carbocycles. The number of rotatable bonds is 7. The van der Waals surface area contributed by atoms with Gasteiger partial charge in [0.25, 0.3) is 0 Å². The Bertz CT molecular complexity index is 1160. The zero-order valence-electron chi connectivity index (χ0n) is 19.1. The van der Waals surface area contributed by atoms with E-state index in [1.807, 2.05) is 43.3 Å². The van der Waals surface area contributed by atoms with Crippen molar-refractivity contribution in [3.8, 4) is 11.5 Å². The van der Waals surface area contributed by atoms with Crippen LogP contribution in [-0.2, 0) is 15.1 Å². The van der Waals surface area contributed by atoms with E-state index in [9.17, 15) is 5.11 Å². The molecule has 3 aromatic rings. The quantitative estimate of drug-likeness (QED) is 0.564. The summed E-state index contributed by atoms with van der Waals surface area (Å²) in [5, 5.41) is 15.0. The van der Waals surface area contributed by atoms with Gasteiger partial charge in [-0.3, -0.25) is 0 Å². The average molecular weight is 452 g/mol. The summed E-state index contributed by atoms with van der Waals surface area (Å²) in [4.78, 5) is 9.29. The Kier molecular flexibility index (Phi) is 5.82. The molecule has 0 amide bonds. The van der Waals surface area contributed by atoms with Gasteiger partial charge in [-0.15, -0.1) is 0 Å². The van der Waals surface area contributed by atoms with Crippen LogP contribution in [0.2, 0.25) is 0 Å². The molecule has 2 saturated heterocycles. The maximum atomic E-state index is 10.7. The minimum absolute atomic E-state index is 0.00192. The lowest BCUT2D eigenvalue weighted by molar-refractivity contribution is -0.184. The molecule has 2 N–H and O–H groups in total. The number of hydrogen-bond donors (Lipinski definition) is 2. The normalized spacial score (nSPS) is 20.3. The molecule has 2 aromatic carbocycles. The summed E-state index contributed by atoms with van der Waals surface area (Å²) in [6.07, 6.45) is 0.851. The Morgan fingerprint density at radius 1 is 1.15 bits per heavy atom. The number of hydrogen-bond acceptors (Lipinski definition) is 8. The first kappa shape index (κ1) is 21.9. The lowest BCUT2D eigenvalue weighted by atomic mass is 9.90. The van der Waals surface area contributed by atoms with E-state index < -0.39 is 5.60 Å². The molecular formula is C25H29N3O5. The Labute approximate surface area is 192 Å². The van der Waals surface area contributed by atoms with Crippen LogP contribution in [0.4, 0.5) is 5.82 Å². The summed E-state index contributed by atoms with van der Waals surface area (Å²) in [6, 6.07) is 11.7. The molecule has 0 bridgehead atoms. The second kappa shape index (κ2) is 8.78. The molecule has 2 atom stereocenters. The molecule has 3 heterocycles. The lowest BCUT2D eigenvalue weighted by Crippen LogP contribution is -2.46. The Hall–Kier alpha value is -2.94. The van der Waals surface area contributed by atoms with Crippen LogP contribution in [0.1, 0.15) is 36.3 Å². The van der Waals surface area contributed by atoms with Crippen LogP contribution in [0.15, 0.2) is 36.4 Å². The van der Waals surface area contributed by atoms with E-state index in [0.717, 1.165) is 34.3 Å². The Balaban J connectivity index is 1.47. The number of aryl methyl sites for hydroxylation is 1. The van der Waals surface area contributed by atoms with Gasteiger partial charge in [0.2, 0.25) is 0 Å². The van der Waals surface area contributed by atoms with E-state index in [2.05, 4.69) is 22.2 Å². The third-order valence-electron chi connectivity index (χ3n) is 6.23. The van der Waals surface area contributed by atoms with Crippen molar-refractivity contribution in [2.24, 2.45) is 0 Å². The highest BCUT2D eigenvalue weighted by Crippen LogP contribution is 2.37. The van der Waals surface area contributed by atoms with Crippen LogP contribution < -0.4 is 14.8 Å². The number of ether oxygens (including phenoxy) is 4. The number of benzene rings is 2. The zero-order valence-corrected chi connectivity index (χ0v) is 19.1. The van der Waals surface area contributed by atoms with Gasteiger partial charge in [-0.2, -0.15) is 0 Å². The van der Waals surface area contributed by atoms with Crippen molar-refractivity contribution in [1.82, 2.24) is 9.97 Å². The number of fused-ring (bicyclic) bond motifs is 1. The van der Waals surface area contributed by atoms with E-state index in [1.54, 1.807) is 7.11 Å². The van der Waals surface area contributed by atoms with Crippen LogP contribution in [0, 0.1) is 6.92 Å². The molecule has 2 fully saturated rings. The topological polar surface area (TPSA) is 95.0 Å².